The summed E-state index contributed by atoms with van der Waals surface area (Å²) >= 11 is 5.11. The number of nitrogens with one attached hydrogen (secondary N) is 2. The van der Waals surface area contributed by atoms with E-state index in [4.69, 9.17) is 33.5 Å². The SMILES string of the molecule is [2H]C([2H])(O[P@](=O)(N[C@@H](C)C(=O)OCCCC)Oc1ccccc1)[C@H]1O[C@@H](n2ccc(=O)[nH]c2=S)C(C)(O)[C@H]1O. The molecule has 6 atom stereocenters. The highest BCUT2D eigenvalue weighted by Crippen LogP contribution is 2.47. The first kappa shape index (κ1) is 26.2. The number of rotatable bonds is 12. The molecule has 1 unspecified atom stereocenters. The lowest BCUT2D eigenvalue weighted by Gasteiger charge is -2.28. The van der Waals surface area contributed by atoms with Crippen molar-refractivity contribution in [3.05, 3.63) is 57.7 Å². The molecule has 1 aliphatic heterocycles. The van der Waals surface area contributed by atoms with E-state index >= 15 is 0 Å². The minimum atomic E-state index is -4.71. The zero-order chi connectivity index (χ0) is 29.0. The number of carbonyl (C=O) groups excluding carboxylic acids is 1. The fraction of sp³-hybridized carbons (Fsp3) is 0.522. The highest BCUT2D eigenvalue weighted by atomic mass is 32.1. The molecule has 1 fully saturated rings. The van der Waals surface area contributed by atoms with E-state index in [0.717, 1.165) is 17.1 Å². The van der Waals surface area contributed by atoms with Gasteiger partial charge >= 0.3 is 13.7 Å². The van der Waals surface area contributed by atoms with E-state index in [9.17, 15) is 24.4 Å². The lowest BCUT2D eigenvalue weighted by atomic mass is 9.96. The summed E-state index contributed by atoms with van der Waals surface area (Å²) in [4.78, 5) is 26.3. The minimum Gasteiger partial charge on any atom is -0.465 e. The summed E-state index contributed by atoms with van der Waals surface area (Å²) in [5, 5.41) is 24.3. The van der Waals surface area contributed by atoms with Crippen molar-refractivity contribution in [2.75, 3.05) is 13.2 Å². The Morgan fingerprint density at radius 2 is 2.11 bits per heavy atom. The van der Waals surface area contributed by atoms with Crippen LogP contribution in [0.25, 0.3) is 0 Å². The Morgan fingerprint density at radius 3 is 2.76 bits per heavy atom. The fourth-order valence-corrected chi connectivity index (χ4v) is 5.02. The number of aromatic amines is 1. The molecular formula is C23H32N3O9PS. The summed E-state index contributed by atoms with van der Waals surface area (Å²) in [5.74, 6) is -0.731. The zero-order valence-corrected chi connectivity index (χ0v) is 22.2. The van der Waals surface area contributed by atoms with Gasteiger partial charge in [-0.1, -0.05) is 31.5 Å². The predicted octanol–water partition coefficient (Wildman–Crippen LogP) is 2.44. The van der Waals surface area contributed by atoms with Crippen molar-refractivity contribution >= 4 is 25.9 Å². The molecule has 1 saturated heterocycles. The second-order valence-electron chi connectivity index (χ2n) is 8.58. The van der Waals surface area contributed by atoms with E-state index in [1.54, 1.807) is 18.2 Å². The Morgan fingerprint density at radius 1 is 1.41 bits per heavy atom. The molecule has 204 valence electrons. The van der Waals surface area contributed by atoms with Crippen LogP contribution in [0.15, 0.2) is 47.4 Å². The van der Waals surface area contributed by atoms with Gasteiger partial charge in [-0.3, -0.25) is 23.7 Å². The molecule has 0 radical (unpaired) electrons. The van der Waals surface area contributed by atoms with Gasteiger partial charge in [-0.15, -0.1) is 0 Å². The topological polar surface area (TPSA) is 161 Å². The minimum absolute atomic E-state index is 0.0352. The number of benzene rings is 1. The van der Waals surface area contributed by atoms with Crippen LogP contribution in [-0.4, -0.2) is 62.8 Å². The van der Waals surface area contributed by atoms with Crippen molar-refractivity contribution in [1.29, 1.82) is 0 Å². The first-order valence-corrected chi connectivity index (χ1v) is 13.5. The quantitative estimate of drug-likeness (QED) is 0.131. The first-order chi connectivity index (χ1) is 18.2. The molecular weight excluding hydrogens is 525 g/mol. The maximum Gasteiger partial charge on any atom is 0.459 e. The number of aliphatic hydroxyl groups is 2. The number of esters is 1. The molecule has 1 aromatic heterocycles. The summed E-state index contributed by atoms with van der Waals surface area (Å²) in [6, 6.07) is 7.58. The van der Waals surface area contributed by atoms with Gasteiger partial charge in [-0.05, 0) is 44.6 Å². The Labute approximate surface area is 221 Å². The summed E-state index contributed by atoms with van der Waals surface area (Å²) in [5.41, 5.74) is -2.65. The van der Waals surface area contributed by atoms with Crippen molar-refractivity contribution < 1.29 is 40.8 Å². The van der Waals surface area contributed by atoms with Crippen LogP contribution in [0.1, 0.15) is 42.6 Å². The summed E-state index contributed by atoms with van der Waals surface area (Å²) in [7, 11) is -4.71. The van der Waals surface area contributed by atoms with Crippen LogP contribution in [0.5, 0.6) is 5.75 Å². The van der Waals surface area contributed by atoms with Gasteiger partial charge in [0.1, 0.15) is 29.6 Å². The molecule has 0 saturated carbocycles. The van der Waals surface area contributed by atoms with E-state index in [0.29, 0.717) is 6.42 Å². The lowest BCUT2D eigenvalue weighted by Crippen LogP contribution is -2.45. The van der Waals surface area contributed by atoms with Crippen LogP contribution in [-0.2, 0) is 23.4 Å². The lowest BCUT2D eigenvalue weighted by molar-refractivity contribution is -0.145. The van der Waals surface area contributed by atoms with Gasteiger partial charge in [-0.2, -0.15) is 5.09 Å². The number of hydrogen-bond donors (Lipinski definition) is 4. The molecule has 1 aliphatic rings. The molecule has 0 amide bonds. The predicted molar refractivity (Wildman–Crippen MR) is 136 cm³/mol. The van der Waals surface area contributed by atoms with Gasteiger partial charge < -0.3 is 24.2 Å². The fourth-order valence-electron chi connectivity index (χ4n) is 3.40. The Bertz CT molecular complexity index is 1310. The number of H-pyrrole nitrogens is 1. The molecule has 2 heterocycles. The van der Waals surface area contributed by atoms with Crippen LogP contribution in [0.4, 0.5) is 0 Å². The van der Waals surface area contributed by atoms with Crippen molar-refractivity contribution in [2.24, 2.45) is 0 Å². The van der Waals surface area contributed by atoms with Gasteiger partial charge in [0.15, 0.2) is 11.0 Å². The number of nitrogens with zero attached hydrogens (tertiary/aromatic N) is 1. The molecule has 4 N–H and O–H groups in total. The molecule has 37 heavy (non-hydrogen) atoms. The maximum atomic E-state index is 13.8. The van der Waals surface area contributed by atoms with Crippen molar-refractivity contribution in [3.8, 4) is 5.75 Å². The number of aromatic nitrogens is 2. The van der Waals surface area contributed by atoms with E-state index in [1.165, 1.54) is 32.2 Å². The standard InChI is InChI=1S/C23H32N3O9PS/c1-4-5-13-32-20(29)15(2)25-36(31,35-16-9-7-6-8-10-16)33-14-17-19(28)23(3,30)21(34-17)26-12-11-18(27)24-22(26)37/h6-12,15,17,19,21,28,30H,4-5,13-14H2,1-3H3,(H,25,31)(H,24,27,37)/t15-,17+,19-,21+,23?,36+/m0/s1/i14D2. The highest BCUT2D eigenvalue weighted by molar-refractivity contribution is 7.71. The average Bonchev–Trinajstić information content (AvgIpc) is 3.08. The van der Waals surface area contributed by atoms with Crippen molar-refractivity contribution in [2.45, 2.75) is 63.7 Å². The molecule has 3 rings (SSSR count). The van der Waals surface area contributed by atoms with E-state index in [1.807, 2.05) is 6.92 Å². The van der Waals surface area contributed by atoms with Gasteiger partial charge in [0, 0.05) is 12.3 Å². The number of aliphatic hydroxyl groups excluding tert-OH is 1. The second kappa shape index (κ2) is 12.4. The maximum absolute atomic E-state index is 13.8. The van der Waals surface area contributed by atoms with Crippen LogP contribution in [0, 0.1) is 4.77 Å². The molecule has 14 heteroatoms. The molecule has 2 aromatic rings. The normalized spacial score (nSPS) is 27.0. The van der Waals surface area contributed by atoms with Gasteiger partial charge in [0.05, 0.1) is 15.9 Å². The molecule has 0 spiro atoms. The monoisotopic (exact) mass is 559 g/mol. The van der Waals surface area contributed by atoms with Gasteiger partial charge in [0.2, 0.25) is 0 Å². The van der Waals surface area contributed by atoms with Gasteiger partial charge in [0.25, 0.3) is 5.56 Å². The molecule has 0 bridgehead atoms. The van der Waals surface area contributed by atoms with E-state index in [-0.39, 0.29) is 17.1 Å². The number of carbonyl (C=O) groups is 1. The largest absolute Gasteiger partial charge is 0.465 e. The van der Waals surface area contributed by atoms with Crippen LogP contribution in [0.3, 0.4) is 0 Å². The van der Waals surface area contributed by atoms with Crippen molar-refractivity contribution in [1.82, 2.24) is 14.6 Å². The number of hydrogen-bond acceptors (Lipinski definition) is 10. The van der Waals surface area contributed by atoms with Crippen LogP contribution in [0.2, 0.25) is 0 Å². The molecule has 0 aliphatic carbocycles. The second-order valence-corrected chi connectivity index (χ2v) is 10.6. The third-order valence-electron chi connectivity index (χ3n) is 5.47. The van der Waals surface area contributed by atoms with E-state index < -0.39 is 55.9 Å². The average molecular weight is 560 g/mol. The van der Waals surface area contributed by atoms with Crippen molar-refractivity contribution in [3.63, 3.8) is 0 Å². The van der Waals surface area contributed by atoms with Crippen LogP contribution >= 0.6 is 20.0 Å². The molecule has 12 nitrogen and oxygen atoms in total. The van der Waals surface area contributed by atoms with Crippen LogP contribution < -0.4 is 15.2 Å². The number of unbranched alkanes of at least 4 members (excludes halogenated alkanes) is 1. The number of ether oxygens (including phenoxy) is 2. The summed E-state index contributed by atoms with van der Waals surface area (Å²) in [6.45, 7) is 1.51. The Kier molecular flexibility index (Phi) is 8.82. The van der Waals surface area contributed by atoms with Gasteiger partial charge in [-0.25, -0.2) is 4.57 Å². The zero-order valence-electron chi connectivity index (χ0n) is 22.5. The molecule has 1 aromatic carbocycles. The third kappa shape index (κ3) is 7.35. The highest BCUT2D eigenvalue weighted by Gasteiger charge is 2.53. The summed E-state index contributed by atoms with van der Waals surface area (Å²) < 4.78 is 53.5. The van der Waals surface area contributed by atoms with E-state index in [2.05, 4.69) is 10.1 Å². The Balaban J connectivity index is 1.89. The third-order valence-corrected chi connectivity index (χ3v) is 7.28. The smallest absolute Gasteiger partial charge is 0.459 e. The first-order valence-electron chi connectivity index (χ1n) is 12.6. The Hall–Kier alpha value is -2.38. The summed E-state index contributed by atoms with van der Waals surface area (Å²) in [6.07, 6.45) is -2.70. The number of para-hydroxylation sites is 1.